The van der Waals surface area contributed by atoms with Crippen molar-refractivity contribution in [1.29, 1.82) is 0 Å². The molecule has 1 unspecified atom stereocenters. The van der Waals surface area contributed by atoms with Gasteiger partial charge in [0, 0.05) is 13.2 Å². The van der Waals surface area contributed by atoms with Gasteiger partial charge in [-0.3, -0.25) is 0 Å². The predicted molar refractivity (Wildman–Crippen MR) is 66.7 cm³/mol. The molecule has 0 saturated carbocycles. The highest BCUT2D eigenvalue weighted by Gasteiger charge is 2.23. The van der Waals surface area contributed by atoms with Gasteiger partial charge >= 0.3 is 0 Å². The summed E-state index contributed by atoms with van der Waals surface area (Å²) in [6.07, 6.45) is 1.51. The Bertz CT molecular complexity index is 640. The second-order valence-corrected chi connectivity index (χ2v) is 5.40. The zero-order valence-corrected chi connectivity index (χ0v) is 11.1. The maximum absolute atomic E-state index is 12.2. The van der Waals surface area contributed by atoms with Crippen molar-refractivity contribution in [3.8, 4) is 0 Å². The molecule has 3 N–H and O–H groups in total. The number of H-pyrrole nitrogens is 1. The lowest BCUT2D eigenvalue weighted by molar-refractivity contribution is 0.560. The third-order valence-corrected chi connectivity index (χ3v) is 3.95. The van der Waals surface area contributed by atoms with Gasteiger partial charge in [0.1, 0.15) is 10.7 Å². The van der Waals surface area contributed by atoms with Crippen LogP contribution in [0.5, 0.6) is 0 Å². The highest BCUT2D eigenvalue weighted by Crippen LogP contribution is 2.19. The van der Waals surface area contributed by atoms with Gasteiger partial charge in [-0.1, -0.05) is 5.21 Å². The standard InChI is InChI=1S/C9H13N7O2S/c1-6(8-12-15-16-13-8)14-19(17,18)7-4-3-5-11-9(7)10-2/h3-6,14H,1-2H3,(H,10,11)(H,12,13,15,16). The molecule has 2 rings (SSSR count). The number of hydrogen-bond acceptors (Lipinski definition) is 7. The van der Waals surface area contributed by atoms with E-state index in [1.807, 2.05) is 0 Å². The molecular weight excluding hydrogens is 270 g/mol. The Kier molecular flexibility index (Phi) is 3.71. The first-order valence-electron chi connectivity index (χ1n) is 5.43. The highest BCUT2D eigenvalue weighted by atomic mass is 32.2. The molecule has 102 valence electrons. The van der Waals surface area contributed by atoms with Crippen molar-refractivity contribution in [3.05, 3.63) is 24.2 Å². The van der Waals surface area contributed by atoms with Crippen molar-refractivity contribution in [3.63, 3.8) is 0 Å². The number of pyridine rings is 1. The lowest BCUT2D eigenvalue weighted by atomic mass is 10.4. The normalized spacial score (nSPS) is 13.2. The zero-order chi connectivity index (χ0) is 13.9. The van der Waals surface area contributed by atoms with Crippen LogP contribution < -0.4 is 10.0 Å². The molecule has 2 heterocycles. The molecule has 0 spiro atoms. The number of nitrogens with one attached hydrogen (secondary N) is 3. The molecule has 0 aromatic carbocycles. The highest BCUT2D eigenvalue weighted by molar-refractivity contribution is 7.89. The van der Waals surface area contributed by atoms with E-state index in [1.54, 1.807) is 20.0 Å². The SMILES string of the molecule is CNc1ncccc1S(=O)(=O)NC(C)c1nn[nH]n1. The smallest absolute Gasteiger partial charge is 0.244 e. The summed E-state index contributed by atoms with van der Waals surface area (Å²) in [6.45, 7) is 1.62. The lowest BCUT2D eigenvalue weighted by Gasteiger charge is -2.12. The first-order valence-corrected chi connectivity index (χ1v) is 6.91. The van der Waals surface area contributed by atoms with Crippen LogP contribution in [-0.2, 0) is 10.0 Å². The van der Waals surface area contributed by atoms with E-state index in [0.29, 0.717) is 0 Å². The molecule has 0 fully saturated rings. The first-order chi connectivity index (χ1) is 9.04. The molecule has 2 aromatic rings. The van der Waals surface area contributed by atoms with E-state index in [9.17, 15) is 8.42 Å². The van der Waals surface area contributed by atoms with Gasteiger partial charge in [-0.25, -0.2) is 18.1 Å². The number of nitrogens with zero attached hydrogens (tertiary/aromatic N) is 4. The van der Waals surface area contributed by atoms with Gasteiger partial charge in [-0.05, 0) is 19.1 Å². The largest absolute Gasteiger partial charge is 0.372 e. The quantitative estimate of drug-likeness (QED) is 0.686. The summed E-state index contributed by atoms with van der Waals surface area (Å²) in [5.41, 5.74) is 0. The minimum Gasteiger partial charge on any atom is -0.372 e. The van der Waals surface area contributed by atoms with E-state index in [1.165, 1.54) is 12.3 Å². The van der Waals surface area contributed by atoms with E-state index >= 15 is 0 Å². The molecule has 0 saturated heterocycles. The van der Waals surface area contributed by atoms with Gasteiger partial charge in [-0.2, -0.15) is 5.21 Å². The summed E-state index contributed by atoms with van der Waals surface area (Å²) in [5.74, 6) is 0.536. The first kappa shape index (κ1) is 13.4. The van der Waals surface area contributed by atoms with Crippen molar-refractivity contribution >= 4 is 15.8 Å². The maximum atomic E-state index is 12.2. The fourth-order valence-electron chi connectivity index (χ4n) is 1.50. The van der Waals surface area contributed by atoms with Crippen molar-refractivity contribution in [2.45, 2.75) is 17.9 Å². The second kappa shape index (κ2) is 5.28. The van der Waals surface area contributed by atoms with Crippen LogP contribution in [0.15, 0.2) is 23.2 Å². The summed E-state index contributed by atoms with van der Waals surface area (Å²) in [4.78, 5) is 4.02. The molecule has 2 aromatic heterocycles. The number of rotatable bonds is 5. The van der Waals surface area contributed by atoms with Crippen LogP contribution in [-0.4, -0.2) is 41.1 Å². The number of tetrazole rings is 1. The molecule has 1 atom stereocenters. The summed E-state index contributed by atoms with van der Waals surface area (Å²) >= 11 is 0. The number of anilines is 1. The van der Waals surface area contributed by atoms with Crippen LogP contribution in [0.2, 0.25) is 0 Å². The number of hydrogen-bond donors (Lipinski definition) is 3. The molecule has 19 heavy (non-hydrogen) atoms. The van der Waals surface area contributed by atoms with Gasteiger partial charge in [0.15, 0.2) is 5.82 Å². The Morgan fingerprint density at radius 2 is 2.21 bits per heavy atom. The Balaban J connectivity index is 2.28. The topological polar surface area (TPSA) is 126 Å². The zero-order valence-electron chi connectivity index (χ0n) is 10.3. The van der Waals surface area contributed by atoms with Crippen molar-refractivity contribution in [2.75, 3.05) is 12.4 Å². The third kappa shape index (κ3) is 2.85. The number of aromatic amines is 1. The molecule has 0 bridgehead atoms. The monoisotopic (exact) mass is 283 g/mol. The van der Waals surface area contributed by atoms with Crippen LogP contribution >= 0.6 is 0 Å². The van der Waals surface area contributed by atoms with E-state index in [0.717, 1.165) is 0 Å². The Morgan fingerprint density at radius 3 is 2.84 bits per heavy atom. The molecular formula is C9H13N7O2S. The fourth-order valence-corrected chi connectivity index (χ4v) is 2.86. The molecule has 0 radical (unpaired) electrons. The Labute approximate surface area is 109 Å². The molecule has 0 aliphatic rings. The van der Waals surface area contributed by atoms with Crippen LogP contribution in [0.25, 0.3) is 0 Å². The summed E-state index contributed by atoms with van der Waals surface area (Å²) in [5, 5.41) is 15.8. The van der Waals surface area contributed by atoms with Crippen LogP contribution in [0.1, 0.15) is 18.8 Å². The van der Waals surface area contributed by atoms with Crippen molar-refractivity contribution in [1.82, 2.24) is 30.3 Å². The van der Waals surface area contributed by atoms with Gasteiger partial charge < -0.3 is 5.32 Å². The van der Waals surface area contributed by atoms with Crippen LogP contribution in [0.4, 0.5) is 5.82 Å². The van der Waals surface area contributed by atoms with E-state index < -0.39 is 16.1 Å². The van der Waals surface area contributed by atoms with Gasteiger partial charge in [-0.15, -0.1) is 10.2 Å². The van der Waals surface area contributed by atoms with E-state index in [2.05, 4.69) is 35.6 Å². The Hall–Kier alpha value is -2.07. The molecule has 0 aliphatic heterocycles. The molecule has 10 heteroatoms. The minimum atomic E-state index is -3.72. The minimum absolute atomic E-state index is 0.0628. The third-order valence-electron chi connectivity index (χ3n) is 2.38. The van der Waals surface area contributed by atoms with Crippen molar-refractivity contribution < 1.29 is 8.42 Å². The lowest BCUT2D eigenvalue weighted by Crippen LogP contribution is -2.28. The average molecular weight is 283 g/mol. The van der Waals surface area contributed by atoms with Crippen LogP contribution in [0.3, 0.4) is 0 Å². The molecule has 9 nitrogen and oxygen atoms in total. The van der Waals surface area contributed by atoms with Gasteiger partial charge in [0.25, 0.3) is 0 Å². The van der Waals surface area contributed by atoms with E-state index in [4.69, 9.17) is 0 Å². The summed E-state index contributed by atoms with van der Waals surface area (Å²) in [7, 11) is -2.12. The van der Waals surface area contributed by atoms with Gasteiger partial charge in [0.2, 0.25) is 10.0 Å². The predicted octanol–water partition coefficient (Wildman–Crippen LogP) is -0.324. The fraction of sp³-hybridized carbons (Fsp3) is 0.333. The van der Waals surface area contributed by atoms with E-state index in [-0.39, 0.29) is 16.5 Å². The van der Waals surface area contributed by atoms with Crippen LogP contribution in [0, 0.1) is 0 Å². The average Bonchev–Trinajstić information content (AvgIpc) is 2.92. The second-order valence-electron chi connectivity index (χ2n) is 3.71. The molecule has 0 aliphatic carbocycles. The Morgan fingerprint density at radius 1 is 1.42 bits per heavy atom. The maximum Gasteiger partial charge on any atom is 0.244 e. The van der Waals surface area contributed by atoms with Crippen molar-refractivity contribution in [2.24, 2.45) is 0 Å². The van der Waals surface area contributed by atoms with Gasteiger partial charge in [0.05, 0.1) is 6.04 Å². The number of aromatic nitrogens is 5. The summed E-state index contributed by atoms with van der Waals surface area (Å²) in [6, 6.07) is 2.41. The molecule has 0 amide bonds. The summed E-state index contributed by atoms with van der Waals surface area (Å²) < 4.78 is 26.9. The number of sulfonamides is 1.